The lowest BCUT2D eigenvalue weighted by Gasteiger charge is -2.08. The first kappa shape index (κ1) is 14.7. The van der Waals surface area contributed by atoms with E-state index in [1.165, 1.54) is 5.56 Å². The van der Waals surface area contributed by atoms with Crippen molar-refractivity contribution < 1.29 is 18.8 Å². The van der Waals surface area contributed by atoms with Gasteiger partial charge in [-0.25, -0.2) is 0 Å². The minimum Gasteiger partial charge on any atom is -0.493 e. The number of rotatable bonds is 7. The zero-order valence-corrected chi connectivity index (χ0v) is 11.4. The van der Waals surface area contributed by atoms with Gasteiger partial charge < -0.3 is 9.84 Å². The van der Waals surface area contributed by atoms with Crippen molar-refractivity contribution in [2.24, 2.45) is 0 Å². The minimum atomic E-state index is -1.36. The van der Waals surface area contributed by atoms with Gasteiger partial charge in [0.15, 0.2) is 0 Å². The maximum Gasteiger partial charge on any atom is 0.316 e. The maximum atomic E-state index is 11.2. The van der Waals surface area contributed by atoms with Crippen LogP contribution in [0.15, 0.2) is 24.3 Å². The van der Waals surface area contributed by atoms with Crippen LogP contribution in [0.25, 0.3) is 0 Å². The molecule has 0 bridgehead atoms. The van der Waals surface area contributed by atoms with Gasteiger partial charge in [-0.1, -0.05) is 26.0 Å². The highest BCUT2D eigenvalue weighted by Gasteiger charge is 2.06. The van der Waals surface area contributed by atoms with E-state index in [-0.39, 0.29) is 18.1 Å². The zero-order valence-electron chi connectivity index (χ0n) is 10.6. The van der Waals surface area contributed by atoms with E-state index < -0.39 is 16.8 Å². The third kappa shape index (κ3) is 5.31. The van der Waals surface area contributed by atoms with Crippen molar-refractivity contribution in [2.45, 2.75) is 19.8 Å². The van der Waals surface area contributed by atoms with Crippen molar-refractivity contribution >= 4 is 16.8 Å². The van der Waals surface area contributed by atoms with Crippen LogP contribution < -0.4 is 4.74 Å². The molecule has 0 saturated carbocycles. The van der Waals surface area contributed by atoms with Crippen LogP contribution in [0.4, 0.5) is 0 Å². The fourth-order valence-electron chi connectivity index (χ4n) is 1.41. The van der Waals surface area contributed by atoms with E-state index >= 15 is 0 Å². The summed E-state index contributed by atoms with van der Waals surface area (Å²) >= 11 is 0. The van der Waals surface area contributed by atoms with Gasteiger partial charge >= 0.3 is 5.97 Å². The molecular weight excluding hydrogens is 252 g/mol. The van der Waals surface area contributed by atoms with Gasteiger partial charge in [-0.15, -0.1) is 0 Å². The fraction of sp³-hybridized carbons (Fsp3) is 0.462. The molecule has 0 heterocycles. The summed E-state index contributed by atoms with van der Waals surface area (Å²) < 4.78 is 16.6. The first-order valence-electron chi connectivity index (χ1n) is 5.78. The normalized spacial score (nSPS) is 12.4. The van der Waals surface area contributed by atoms with E-state index in [2.05, 4.69) is 13.8 Å². The Balaban J connectivity index is 2.35. The number of carbonyl (C=O) groups is 1. The molecule has 0 radical (unpaired) electrons. The Morgan fingerprint density at radius 3 is 2.44 bits per heavy atom. The molecule has 1 N–H and O–H groups in total. The Hall–Kier alpha value is -1.36. The standard InChI is InChI=1S/C13H18O4S/c1-10(2)11-3-5-12(6-4-11)17-7-8-18(16)9-13(14)15/h3-6,10H,7-9H2,1-2H3,(H,14,15). The van der Waals surface area contributed by atoms with E-state index in [4.69, 9.17) is 9.84 Å². The summed E-state index contributed by atoms with van der Waals surface area (Å²) in [6.45, 7) is 4.50. The molecule has 1 rings (SSSR count). The third-order valence-corrected chi connectivity index (χ3v) is 3.60. The molecule has 0 aromatic heterocycles. The van der Waals surface area contributed by atoms with Crippen molar-refractivity contribution in [1.82, 2.24) is 0 Å². The average molecular weight is 270 g/mol. The van der Waals surface area contributed by atoms with E-state index in [1.807, 2.05) is 24.3 Å². The number of carboxylic acid groups (broad SMARTS) is 1. The molecule has 5 heteroatoms. The Kier molecular flexibility index (Phi) is 5.85. The molecule has 100 valence electrons. The summed E-state index contributed by atoms with van der Waals surface area (Å²) in [5.74, 6) is 0.0527. The van der Waals surface area contributed by atoms with Crippen molar-refractivity contribution in [1.29, 1.82) is 0 Å². The number of aliphatic carboxylic acids is 1. The topological polar surface area (TPSA) is 63.6 Å². The van der Waals surface area contributed by atoms with Gasteiger partial charge in [-0.2, -0.15) is 0 Å². The van der Waals surface area contributed by atoms with E-state index in [9.17, 15) is 9.00 Å². The van der Waals surface area contributed by atoms with Gasteiger partial charge in [0.2, 0.25) is 0 Å². The van der Waals surface area contributed by atoms with Crippen LogP contribution in [0.3, 0.4) is 0 Å². The summed E-state index contributed by atoms with van der Waals surface area (Å²) in [6.07, 6.45) is 0. The summed E-state index contributed by atoms with van der Waals surface area (Å²) in [5, 5.41) is 8.45. The highest BCUT2D eigenvalue weighted by molar-refractivity contribution is 7.85. The molecular formula is C13H18O4S. The summed E-state index contributed by atoms with van der Waals surface area (Å²) in [7, 11) is -1.36. The SMILES string of the molecule is CC(C)c1ccc(OCCS(=O)CC(=O)O)cc1. The monoisotopic (exact) mass is 270 g/mol. The Morgan fingerprint density at radius 1 is 1.33 bits per heavy atom. The molecule has 0 spiro atoms. The highest BCUT2D eigenvalue weighted by Crippen LogP contribution is 2.18. The lowest BCUT2D eigenvalue weighted by Crippen LogP contribution is -2.16. The second-order valence-electron chi connectivity index (χ2n) is 4.25. The summed E-state index contributed by atoms with van der Waals surface area (Å²) in [4.78, 5) is 10.3. The van der Waals surface area contributed by atoms with Crippen LogP contribution in [0.2, 0.25) is 0 Å². The van der Waals surface area contributed by atoms with Gasteiger partial charge in [0.05, 0.1) is 12.4 Å². The Morgan fingerprint density at radius 2 is 1.94 bits per heavy atom. The Labute approximate surface area is 109 Å². The van der Waals surface area contributed by atoms with Crippen LogP contribution in [0.5, 0.6) is 5.75 Å². The summed E-state index contributed by atoms with van der Waals surface area (Å²) in [6, 6.07) is 7.73. The largest absolute Gasteiger partial charge is 0.493 e. The summed E-state index contributed by atoms with van der Waals surface area (Å²) in [5.41, 5.74) is 1.23. The minimum absolute atomic E-state index is 0.234. The molecule has 0 aliphatic rings. The second-order valence-corrected chi connectivity index (χ2v) is 5.83. The zero-order chi connectivity index (χ0) is 13.5. The van der Waals surface area contributed by atoms with Gasteiger partial charge in [-0.3, -0.25) is 9.00 Å². The number of hydrogen-bond donors (Lipinski definition) is 1. The first-order chi connectivity index (χ1) is 8.49. The molecule has 4 nitrogen and oxygen atoms in total. The average Bonchev–Trinajstić information content (AvgIpc) is 2.28. The third-order valence-electron chi connectivity index (χ3n) is 2.41. The van der Waals surface area contributed by atoms with Crippen molar-refractivity contribution in [3.63, 3.8) is 0 Å². The van der Waals surface area contributed by atoms with Crippen molar-refractivity contribution in [2.75, 3.05) is 18.1 Å². The molecule has 1 atom stereocenters. The molecule has 1 aromatic rings. The molecule has 1 unspecified atom stereocenters. The lowest BCUT2D eigenvalue weighted by molar-refractivity contribution is -0.133. The lowest BCUT2D eigenvalue weighted by atomic mass is 10.0. The molecule has 0 saturated heterocycles. The molecule has 0 aliphatic carbocycles. The van der Waals surface area contributed by atoms with Crippen LogP contribution in [-0.4, -0.2) is 33.4 Å². The predicted molar refractivity (Wildman–Crippen MR) is 71.5 cm³/mol. The molecule has 1 aromatic carbocycles. The smallest absolute Gasteiger partial charge is 0.316 e. The van der Waals surface area contributed by atoms with Crippen molar-refractivity contribution in [3.05, 3.63) is 29.8 Å². The van der Waals surface area contributed by atoms with Gasteiger partial charge in [0, 0.05) is 10.8 Å². The van der Waals surface area contributed by atoms with Gasteiger partial charge in [0.25, 0.3) is 0 Å². The van der Waals surface area contributed by atoms with Gasteiger partial charge in [0.1, 0.15) is 11.5 Å². The van der Waals surface area contributed by atoms with Crippen molar-refractivity contribution in [3.8, 4) is 5.75 Å². The van der Waals surface area contributed by atoms with Gasteiger partial charge in [-0.05, 0) is 23.6 Å². The van der Waals surface area contributed by atoms with Crippen LogP contribution in [0, 0.1) is 0 Å². The fourth-order valence-corrected chi connectivity index (χ4v) is 2.10. The maximum absolute atomic E-state index is 11.2. The molecule has 0 amide bonds. The predicted octanol–water partition coefficient (Wildman–Crippen LogP) is 2.02. The number of carboxylic acids is 1. The second kappa shape index (κ2) is 7.16. The molecule has 0 fully saturated rings. The van der Waals surface area contributed by atoms with E-state index in [0.717, 1.165) is 0 Å². The van der Waals surface area contributed by atoms with E-state index in [0.29, 0.717) is 11.7 Å². The molecule has 0 aliphatic heterocycles. The Bertz CT molecular complexity index is 412. The van der Waals surface area contributed by atoms with E-state index in [1.54, 1.807) is 0 Å². The number of hydrogen-bond acceptors (Lipinski definition) is 3. The van der Waals surface area contributed by atoms with Crippen LogP contribution in [0.1, 0.15) is 25.3 Å². The number of benzene rings is 1. The number of ether oxygens (including phenoxy) is 1. The quantitative estimate of drug-likeness (QED) is 0.823. The van der Waals surface area contributed by atoms with Crippen LogP contribution >= 0.6 is 0 Å². The van der Waals surface area contributed by atoms with Crippen LogP contribution in [-0.2, 0) is 15.6 Å². The highest BCUT2D eigenvalue weighted by atomic mass is 32.2. The molecule has 18 heavy (non-hydrogen) atoms. The first-order valence-corrected chi connectivity index (χ1v) is 7.27.